The molecule has 116 valence electrons. The Balaban J connectivity index is 0.000000200. The Kier molecular flexibility index (Phi) is 6.95. The van der Waals surface area contributed by atoms with Crippen molar-refractivity contribution in [2.45, 2.75) is 63.6 Å². The molecule has 6 nitrogen and oxygen atoms in total. The van der Waals surface area contributed by atoms with Gasteiger partial charge in [-0.25, -0.2) is 0 Å². The van der Waals surface area contributed by atoms with Gasteiger partial charge in [0.05, 0.1) is 24.0 Å². The second-order valence-corrected chi connectivity index (χ2v) is 5.69. The summed E-state index contributed by atoms with van der Waals surface area (Å²) in [5.41, 5.74) is 0. The van der Waals surface area contributed by atoms with E-state index < -0.39 is 11.9 Å². The van der Waals surface area contributed by atoms with Crippen molar-refractivity contribution in [3.05, 3.63) is 0 Å². The van der Waals surface area contributed by atoms with Crippen molar-refractivity contribution in [2.75, 3.05) is 0 Å². The largest absolute Gasteiger partial charge is 0.481 e. The van der Waals surface area contributed by atoms with Gasteiger partial charge in [-0.3, -0.25) is 9.59 Å². The second kappa shape index (κ2) is 8.21. The molecule has 2 rings (SSSR count). The van der Waals surface area contributed by atoms with Gasteiger partial charge >= 0.3 is 11.9 Å². The highest BCUT2D eigenvalue weighted by Gasteiger charge is 2.24. The smallest absolute Gasteiger partial charge is 0.306 e. The molecule has 2 aliphatic carbocycles. The standard InChI is InChI=1S/2C7H12O3/c2*8-6-3-1-5(2-4-6)7(9)10/h2*5-6,8H,1-4H2,(H,9,10). The summed E-state index contributed by atoms with van der Waals surface area (Å²) in [6.07, 6.45) is 4.63. The molecule has 0 radical (unpaired) electrons. The number of carbonyl (C=O) groups is 2. The number of hydrogen-bond donors (Lipinski definition) is 4. The lowest BCUT2D eigenvalue weighted by atomic mass is 9.88. The maximum absolute atomic E-state index is 10.4. The van der Waals surface area contributed by atoms with E-state index in [4.69, 9.17) is 20.4 Å². The second-order valence-electron chi connectivity index (χ2n) is 5.69. The minimum absolute atomic E-state index is 0.205. The number of aliphatic hydroxyl groups excluding tert-OH is 2. The highest BCUT2D eigenvalue weighted by atomic mass is 16.4. The van der Waals surface area contributed by atoms with Crippen LogP contribution in [0.25, 0.3) is 0 Å². The lowest BCUT2D eigenvalue weighted by Gasteiger charge is -2.21. The van der Waals surface area contributed by atoms with Crippen LogP contribution in [0, 0.1) is 11.8 Å². The molecule has 2 fully saturated rings. The van der Waals surface area contributed by atoms with Crippen molar-refractivity contribution >= 4 is 11.9 Å². The molecule has 20 heavy (non-hydrogen) atoms. The molecule has 0 heterocycles. The van der Waals surface area contributed by atoms with Crippen LogP contribution in [0.4, 0.5) is 0 Å². The molecular weight excluding hydrogens is 264 g/mol. The SMILES string of the molecule is O=C(O)C1CCC(O)CC1.O=C(O)C1CCC(O)CC1. The molecule has 2 saturated carbocycles. The van der Waals surface area contributed by atoms with Gasteiger partial charge in [-0.1, -0.05) is 0 Å². The van der Waals surface area contributed by atoms with Crippen molar-refractivity contribution < 1.29 is 30.0 Å². The van der Waals surface area contributed by atoms with E-state index in [0.717, 1.165) is 0 Å². The topological polar surface area (TPSA) is 115 Å². The fourth-order valence-corrected chi connectivity index (χ4v) is 2.65. The summed E-state index contributed by atoms with van der Waals surface area (Å²) in [5.74, 6) is -1.84. The highest BCUT2D eigenvalue weighted by molar-refractivity contribution is 5.70. The molecule has 0 aromatic rings. The summed E-state index contributed by atoms with van der Waals surface area (Å²) in [7, 11) is 0. The lowest BCUT2D eigenvalue weighted by molar-refractivity contribution is -0.144. The zero-order chi connectivity index (χ0) is 15.1. The van der Waals surface area contributed by atoms with Crippen LogP contribution in [-0.4, -0.2) is 44.6 Å². The summed E-state index contributed by atoms with van der Waals surface area (Å²) in [4.78, 5) is 20.8. The molecule has 0 bridgehead atoms. The first kappa shape index (κ1) is 16.9. The predicted molar refractivity (Wildman–Crippen MR) is 71.2 cm³/mol. The van der Waals surface area contributed by atoms with Gasteiger partial charge in [-0.2, -0.15) is 0 Å². The predicted octanol–water partition coefficient (Wildman–Crippen LogP) is 1.24. The van der Waals surface area contributed by atoms with E-state index in [9.17, 15) is 9.59 Å². The van der Waals surface area contributed by atoms with Crippen LogP contribution in [0.1, 0.15) is 51.4 Å². The van der Waals surface area contributed by atoms with Gasteiger partial charge in [0.1, 0.15) is 0 Å². The molecule has 0 aromatic heterocycles. The van der Waals surface area contributed by atoms with E-state index in [1.165, 1.54) is 0 Å². The number of hydrogen-bond acceptors (Lipinski definition) is 4. The maximum atomic E-state index is 10.4. The van der Waals surface area contributed by atoms with Crippen molar-refractivity contribution in [1.82, 2.24) is 0 Å². The molecule has 6 heteroatoms. The number of carboxylic acid groups (broad SMARTS) is 2. The molecule has 0 saturated heterocycles. The first-order chi connectivity index (χ1) is 9.40. The zero-order valence-corrected chi connectivity index (χ0v) is 11.6. The van der Waals surface area contributed by atoms with Crippen molar-refractivity contribution in [3.8, 4) is 0 Å². The molecule has 0 aliphatic heterocycles. The highest BCUT2D eigenvalue weighted by Crippen LogP contribution is 2.24. The Morgan fingerprint density at radius 2 is 0.850 bits per heavy atom. The Bertz CT molecular complexity index is 282. The third-order valence-electron chi connectivity index (χ3n) is 4.09. The van der Waals surface area contributed by atoms with Gasteiger partial charge in [-0.05, 0) is 51.4 Å². The number of aliphatic carboxylic acids is 2. The Labute approximate surface area is 118 Å². The quantitative estimate of drug-likeness (QED) is 0.608. The van der Waals surface area contributed by atoms with Gasteiger partial charge in [-0.15, -0.1) is 0 Å². The fraction of sp³-hybridized carbons (Fsp3) is 0.857. The third-order valence-corrected chi connectivity index (χ3v) is 4.09. The van der Waals surface area contributed by atoms with Gasteiger partial charge in [0, 0.05) is 0 Å². The summed E-state index contributed by atoms with van der Waals surface area (Å²) < 4.78 is 0. The summed E-state index contributed by atoms with van der Waals surface area (Å²) >= 11 is 0. The molecule has 0 atom stereocenters. The summed E-state index contributed by atoms with van der Waals surface area (Å²) in [6.45, 7) is 0. The first-order valence-corrected chi connectivity index (χ1v) is 7.22. The van der Waals surface area contributed by atoms with Crippen LogP contribution in [-0.2, 0) is 9.59 Å². The van der Waals surface area contributed by atoms with Gasteiger partial charge in [0.2, 0.25) is 0 Å². The Morgan fingerprint density at radius 1 is 0.600 bits per heavy atom. The van der Waals surface area contributed by atoms with E-state index in [1.807, 2.05) is 0 Å². The molecule has 0 unspecified atom stereocenters. The van der Waals surface area contributed by atoms with Crippen LogP contribution < -0.4 is 0 Å². The Morgan fingerprint density at radius 3 is 1.05 bits per heavy atom. The van der Waals surface area contributed by atoms with Crippen LogP contribution in [0.15, 0.2) is 0 Å². The molecule has 2 aliphatic rings. The average molecular weight is 288 g/mol. The molecule has 0 amide bonds. The van der Waals surface area contributed by atoms with Crippen molar-refractivity contribution in [2.24, 2.45) is 11.8 Å². The van der Waals surface area contributed by atoms with E-state index in [-0.39, 0.29) is 24.0 Å². The molecule has 4 N–H and O–H groups in total. The van der Waals surface area contributed by atoms with Crippen molar-refractivity contribution in [3.63, 3.8) is 0 Å². The van der Waals surface area contributed by atoms with Crippen LogP contribution in [0.3, 0.4) is 0 Å². The van der Waals surface area contributed by atoms with Crippen LogP contribution in [0.5, 0.6) is 0 Å². The average Bonchev–Trinajstić information content (AvgIpc) is 2.40. The van der Waals surface area contributed by atoms with E-state index in [0.29, 0.717) is 51.4 Å². The van der Waals surface area contributed by atoms with E-state index in [2.05, 4.69) is 0 Å². The van der Waals surface area contributed by atoms with Gasteiger partial charge in [0.25, 0.3) is 0 Å². The molecular formula is C14H24O6. The van der Waals surface area contributed by atoms with Gasteiger partial charge in [0.15, 0.2) is 0 Å². The van der Waals surface area contributed by atoms with Gasteiger partial charge < -0.3 is 20.4 Å². The third kappa shape index (κ3) is 5.88. The minimum atomic E-state index is -0.716. The minimum Gasteiger partial charge on any atom is -0.481 e. The number of aliphatic hydroxyl groups is 2. The summed E-state index contributed by atoms with van der Waals surface area (Å²) in [6, 6.07) is 0. The van der Waals surface area contributed by atoms with Crippen LogP contribution >= 0.6 is 0 Å². The Hall–Kier alpha value is -1.14. The maximum Gasteiger partial charge on any atom is 0.306 e. The van der Waals surface area contributed by atoms with Crippen LogP contribution in [0.2, 0.25) is 0 Å². The van der Waals surface area contributed by atoms with E-state index in [1.54, 1.807) is 0 Å². The lowest BCUT2D eigenvalue weighted by Crippen LogP contribution is -2.23. The number of rotatable bonds is 2. The number of carboxylic acids is 2. The monoisotopic (exact) mass is 288 g/mol. The molecule has 0 aromatic carbocycles. The van der Waals surface area contributed by atoms with E-state index >= 15 is 0 Å². The summed E-state index contributed by atoms with van der Waals surface area (Å²) in [5, 5.41) is 35.1. The van der Waals surface area contributed by atoms with Crippen molar-refractivity contribution in [1.29, 1.82) is 0 Å². The fourth-order valence-electron chi connectivity index (χ4n) is 2.65. The zero-order valence-electron chi connectivity index (χ0n) is 11.6. The normalized spacial score (nSPS) is 33.7. The molecule has 0 spiro atoms. The first-order valence-electron chi connectivity index (χ1n) is 7.22.